The molecule has 1 unspecified atom stereocenters. The third kappa shape index (κ3) is 3.97. The fourth-order valence-corrected chi connectivity index (χ4v) is 2.05. The number of nitrogens with one attached hydrogen (secondary N) is 1. The SMILES string of the molecule is CC(NC(=O)c1cncc(OS(=O)(=O)F)c1)c1nncn1C. The van der Waals surface area contributed by atoms with Gasteiger partial charge in [0.05, 0.1) is 17.8 Å². The van der Waals surface area contributed by atoms with E-state index >= 15 is 0 Å². The highest BCUT2D eigenvalue weighted by atomic mass is 32.3. The van der Waals surface area contributed by atoms with Crippen LogP contribution in [0.4, 0.5) is 3.89 Å². The average Bonchev–Trinajstić information content (AvgIpc) is 2.83. The number of aryl methyl sites for hydroxylation is 1. The topological polar surface area (TPSA) is 116 Å². The summed E-state index contributed by atoms with van der Waals surface area (Å²) in [7, 11) is -3.45. The van der Waals surface area contributed by atoms with Crippen molar-refractivity contribution >= 4 is 16.4 Å². The number of pyridine rings is 1. The van der Waals surface area contributed by atoms with Gasteiger partial charge in [-0.2, -0.15) is 8.42 Å². The number of hydrogen-bond acceptors (Lipinski definition) is 7. The van der Waals surface area contributed by atoms with Gasteiger partial charge in [0, 0.05) is 13.2 Å². The van der Waals surface area contributed by atoms with Gasteiger partial charge in [-0.15, -0.1) is 10.2 Å². The van der Waals surface area contributed by atoms with Gasteiger partial charge in [-0.3, -0.25) is 9.78 Å². The number of nitrogens with zero attached hydrogens (tertiary/aromatic N) is 4. The Hall–Kier alpha value is -2.56. The molecule has 11 heteroatoms. The van der Waals surface area contributed by atoms with Crippen molar-refractivity contribution in [3.05, 3.63) is 36.2 Å². The van der Waals surface area contributed by atoms with E-state index in [1.807, 2.05) is 0 Å². The van der Waals surface area contributed by atoms with Crippen LogP contribution in [0.5, 0.6) is 5.75 Å². The lowest BCUT2D eigenvalue weighted by atomic mass is 10.2. The van der Waals surface area contributed by atoms with Gasteiger partial charge in [0.15, 0.2) is 11.6 Å². The van der Waals surface area contributed by atoms with Crippen molar-refractivity contribution in [2.45, 2.75) is 13.0 Å². The zero-order valence-electron chi connectivity index (χ0n) is 11.6. The maximum absolute atomic E-state index is 12.5. The van der Waals surface area contributed by atoms with Crippen molar-refractivity contribution in [1.29, 1.82) is 0 Å². The highest BCUT2D eigenvalue weighted by molar-refractivity contribution is 7.81. The van der Waals surface area contributed by atoms with Crippen LogP contribution < -0.4 is 9.50 Å². The zero-order valence-corrected chi connectivity index (χ0v) is 12.4. The summed E-state index contributed by atoms with van der Waals surface area (Å²) < 4.78 is 38.9. The Morgan fingerprint density at radius 1 is 1.45 bits per heavy atom. The van der Waals surface area contributed by atoms with E-state index < -0.39 is 28.2 Å². The lowest BCUT2D eigenvalue weighted by Crippen LogP contribution is -2.28. The Morgan fingerprint density at radius 2 is 2.18 bits per heavy atom. The second-order valence-electron chi connectivity index (χ2n) is 4.38. The van der Waals surface area contributed by atoms with Crippen LogP contribution >= 0.6 is 0 Å². The molecular weight excluding hydrogens is 317 g/mol. The largest absolute Gasteiger partial charge is 0.488 e. The fraction of sp³-hybridized carbons (Fsp3) is 0.273. The molecule has 0 aromatic carbocycles. The first-order valence-electron chi connectivity index (χ1n) is 6.00. The molecule has 22 heavy (non-hydrogen) atoms. The molecule has 118 valence electrons. The van der Waals surface area contributed by atoms with Crippen molar-refractivity contribution < 1.29 is 21.3 Å². The standard InChI is InChI=1S/C11H12FN5O4S/c1-7(10-16-14-6-17(10)2)15-11(18)8-3-9(5-13-4-8)21-22(12,19)20/h3-7H,1-2H3,(H,15,18). The minimum Gasteiger partial charge on any atom is -0.357 e. The van der Waals surface area contributed by atoms with E-state index in [1.54, 1.807) is 18.5 Å². The van der Waals surface area contributed by atoms with Crippen molar-refractivity contribution in [2.75, 3.05) is 0 Å². The maximum Gasteiger partial charge on any atom is 0.488 e. The summed E-state index contributed by atoms with van der Waals surface area (Å²) in [5, 5.41) is 10.2. The Labute approximate surface area is 125 Å². The number of carbonyl (C=O) groups excluding carboxylic acids is 1. The van der Waals surface area contributed by atoms with E-state index in [9.17, 15) is 17.1 Å². The molecule has 0 aliphatic rings. The summed E-state index contributed by atoms with van der Waals surface area (Å²) in [6.45, 7) is 1.70. The van der Waals surface area contributed by atoms with Crippen LogP contribution in [0.25, 0.3) is 0 Å². The molecule has 1 amide bonds. The smallest absolute Gasteiger partial charge is 0.357 e. The van der Waals surface area contributed by atoms with Gasteiger partial charge in [0.2, 0.25) is 0 Å². The van der Waals surface area contributed by atoms with Crippen molar-refractivity contribution in [3.8, 4) is 5.75 Å². The van der Waals surface area contributed by atoms with Gasteiger partial charge < -0.3 is 14.1 Å². The monoisotopic (exact) mass is 329 g/mol. The zero-order chi connectivity index (χ0) is 16.3. The molecule has 0 spiro atoms. The third-order valence-corrected chi connectivity index (χ3v) is 3.04. The third-order valence-electron chi connectivity index (χ3n) is 2.65. The summed E-state index contributed by atoms with van der Waals surface area (Å²) in [6.07, 6.45) is 3.65. The van der Waals surface area contributed by atoms with Crippen molar-refractivity contribution in [3.63, 3.8) is 0 Å². The van der Waals surface area contributed by atoms with Gasteiger partial charge in [0.25, 0.3) is 5.91 Å². The lowest BCUT2D eigenvalue weighted by Gasteiger charge is -2.13. The molecule has 0 aliphatic heterocycles. The normalized spacial score (nSPS) is 12.7. The summed E-state index contributed by atoms with van der Waals surface area (Å²) in [5.41, 5.74) is 0.00942. The minimum absolute atomic E-state index is 0.00942. The van der Waals surface area contributed by atoms with E-state index in [2.05, 4.69) is 24.7 Å². The second kappa shape index (κ2) is 6.05. The minimum atomic E-state index is -5.18. The summed E-state index contributed by atoms with van der Waals surface area (Å²) in [4.78, 5) is 15.7. The van der Waals surface area contributed by atoms with Gasteiger partial charge >= 0.3 is 10.5 Å². The van der Waals surface area contributed by atoms with Crippen LogP contribution in [0.15, 0.2) is 24.8 Å². The Bertz CT molecular complexity index is 791. The van der Waals surface area contributed by atoms with E-state index in [1.165, 1.54) is 12.5 Å². The highest BCUT2D eigenvalue weighted by Crippen LogP contribution is 2.15. The van der Waals surface area contributed by atoms with Crippen LogP contribution in [0.1, 0.15) is 29.1 Å². The molecule has 9 nitrogen and oxygen atoms in total. The maximum atomic E-state index is 12.5. The molecule has 2 rings (SSSR count). The van der Waals surface area contributed by atoms with E-state index in [0.29, 0.717) is 5.82 Å². The molecule has 0 aliphatic carbocycles. The Morgan fingerprint density at radius 3 is 2.77 bits per heavy atom. The molecule has 0 radical (unpaired) electrons. The van der Waals surface area contributed by atoms with Gasteiger partial charge in [-0.25, -0.2) is 0 Å². The van der Waals surface area contributed by atoms with Crippen LogP contribution in [-0.4, -0.2) is 34.1 Å². The van der Waals surface area contributed by atoms with Crippen molar-refractivity contribution in [2.24, 2.45) is 7.05 Å². The first-order valence-corrected chi connectivity index (χ1v) is 7.31. The Balaban J connectivity index is 2.13. The van der Waals surface area contributed by atoms with E-state index in [-0.39, 0.29) is 5.56 Å². The molecule has 1 N–H and O–H groups in total. The predicted molar refractivity (Wildman–Crippen MR) is 71.8 cm³/mol. The number of hydrogen-bond donors (Lipinski definition) is 1. The number of rotatable bonds is 5. The van der Waals surface area contributed by atoms with Gasteiger partial charge in [-0.1, -0.05) is 3.89 Å². The van der Waals surface area contributed by atoms with E-state index in [4.69, 9.17) is 0 Å². The summed E-state index contributed by atoms with van der Waals surface area (Å²) in [5.74, 6) is -0.425. The average molecular weight is 329 g/mol. The summed E-state index contributed by atoms with van der Waals surface area (Å²) >= 11 is 0. The fourth-order valence-electron chi connectivity index (χ4n) is 1.73. The molecule has 0 saturated carbocycles. The molecule has 0 bridgehead atoms. The lowest BCUT2D eigenvalue weighted by molar-refractivity contribution is 0.0937. The van der Waals surface area contributed by atoms with E-state index in [0.717, 1.165) is 12.3 Å². The summed E-state index contributed by atoms with van der Waals surface area (Å²) in [6, 6.07) is 0.609. The number of halogens is 1. The molecule has 1 atom stereocenters. The molecule has 2 heterocycles. The second-order valence-corrected chi connectivity index (χ2v) is 5.33. The predicted octanol–water partition coefficient (Wildman–Crippen LogP) is 0.294. The molecule has 2 aromatic rings. The molecule has 2 aromatic heterocycles. The molecule has 0 saturated heterocycles. The van der Waals surface area contributed by atoms with Crippen LogP contribution in [0.2, 0.25) is 0 Å². The van der Waals surface area contributed by atoms with Gasteiger partial charge in [0.1, 0.15) is 6.33 Å². The van der Waals surface area contributed by atoms with Gasteiger partial charge in [-0.05, 0) is 13.0 Å². The van der Waals surface area contributed by atoms with Crippen LogP contribution in [-0.2, 0) is 17.6 Å². The number of carbonyl (C=O) groups is 1. The number of aromatic nitrogens is 4. The first kappa shape index (κ1) is 15.8. The van der Waals surface area contributed by atoms with Crippen molar-refractivity contribution in [1.82, 2.24) is 25.1 Å². The quantitative estimate of drug-likeness (QED) is 0.784. The van der Waals surface area contributed by atoms with Crippen LogP contribution in [0.3, 0.4) is 0 Å². The highest BCUT2D eigenvalue weighted by Gasteiger charge is 2.17. The number of amides is 1. The molecule has 0 fully saturated rings. The molecular formula is C11H12FN5O4S. The van der Waals surface area contributed by atoms with Crippen LogP contribution in [0, 0.1) is 0 Å². The first-order chi connectivity index (χ1) is 10.3. The Kier molecular flexibility index (Phi) is 4.35.